The number of hydrogen-bond donors (Lipinski definition) is 2. The van der Waals surface area contributed by atoms with Crippen molar-refractivity contribution in [1.82, 2.24) is 5.32 Å². The highest BCUT2D eigenvalue weighted by Gasteiger charge is 2.42. The Hall–Kier alpha value is -1.36. The van der Waals surface area contributed by atoms with E-state index in [9.17, 15) is 14.7 Å². The second-order valence-electron chi connectivity index (χ2n) is 5.51. The van der Waals surface area contributed by atoms with E-state index in [4.69, 9.17) is 0 Å². The number of hydrogen-bond acceptors (Lipinski definition) is 3. The normalized spacial score (nSPS) is 26.9. The molecule has 1 aromatic rings. The summed E-state index contributed by atoms with van der Waals surface area (Å²) in [5, 5.41) is 14.1. The lowest BCUT2D eigenvalue weighted by atomic mass is 9.77. The molecule has 4 nitrogen and oxygen atoms in total. The molecule has 5 heteroatoms. The Morgan fingerprint density at radius 3 is 2.53 bits per heavy atom. The van der Waals surface area contributed by atoms with Gasteiger partial charge in [0.15, 0.2) is 0 Å². The molecule has 0 unspecified atom stereocenters. The summed E-state index contributed by atoms with van der Waals surface area (Å²) in [6, 6.07) is 1.79. The van der Waals surface area contributed by atoms with Crippen molar-refractivity contribution < 1.29 is 14.7 Å². The van der Waals surface area contributed by atoms with Gasteiger partial charge in [0, 0.05) is 0 Å². The molecule has 1 aromatic heterocycles. The minimum absolute atomic E-state index is 0.268. The molecule has 0 saturated heterocycles. The van der Waals surface area contributed by atoms with Gasteiger partial charge in [0.25, 0.3) is 5.91 Å². The van der Waals surface area contributed by atoms with Crippen molar-refractivity contribution in [3.05, 3.63) is 21.9 Å². The van der Waals surface area contributed by atoms with Crippen molar-refractivity contribution in [3.8, 4) is 0 Å². The van der Waals surface area contributed by atoms with E-state index in [0.29, 0.717) is 23.6 Å². The van der Waals surface area contributed by atoms with E-state index in [0.717, 1.165) is 18.4 Å². The average molecular weight is 281 g/mol. The topological polar surface area (TPSA) is 66.4 Å². The lowest BCUT2D eigenvalue weighted by molar-refractivity contribution is -0.146. The van der Waals surface area contributed by atoms with Gasteiger partial charge in [-0.1, -0.05) is 6.92 Å². The summed E-state index contributed by atoms with van der Waals surface area (Å²) >= 11 is 1.35. The minimum atomic E-state index is -1.08. The Bertz CT molecular complexity index is 487. The predicted octanol–water partition coefficient (Wildman–Crippen LogP) is 2.82. The van der Waals surface area contributed by atoms with Crippen LogP contribution in [0, 0.1) is 12.8 Å². The van der Waals surface area contributed by atoms with Crippen LogP contribution in [0.4, 0.5) is 0 Å². The molecule has 0 radical (unpaired) electrons. The van der Waals surface area contributed by atoms with Gasteiger partial charge in [0.05, 0.1) is 4.88 Å². The maximum absolute atomic E-state index is 12.2. The van der Waals surface area contributed by atoms with Gasteiger partial charge in [0.2, 0.25) is 0 Å². The molecule has 1 saturated carbocycles. The first-order chi connectivity index (χ1) is 8.93. The van der Waals surface area contributed by atoms with Crippen molar-refractivity contribution >= 4 is 23.2 Å². The van der Waals surface area contributed by atoms with Crippen molar-refractivity contribution in [3.63, 3.8) is 0 Å². The number of nitrogens with one attached hydrogen (secondary N) is 1. The largest absolute Gasteiger partial charge is 0.480 e. The number of thiophene rings is 1. The van der Waals surface area contributed by atoms with E-state index in [2.05, 4.69) is 12.2 Å². The quantitative estimate of drug-likeness (QED) is 0.895. The van der Waals surface area contributed by atoms with Gasteiger partial charge in [-0.05, 0) is 55.5 Å². The first-order valence-corrected chi connectivity index (χ1v) is 7.42. The van der Waals surface area contributed by atoms with Crippen molar-refractivity contribution in [2.24, 2.45) is 5.92 Å². The van der Waals surface area contributed by atoms with Gasteiger partial charge < -0.3 is 10.4 Å². The van der Waals surface area contributed by atoms with Crippen LogP contribution in [0.5, 0.6) is 0 Å². The number of aliphatic carboxylic acids is 1. The van der Waals surface area contributed by atoms with Crippen molar-refractivity contribution in [2.75, 3.05) is 0 Å². The molecule has 2 N–H and O–H groups in total. The fraction of sp³-hybridized carbons (Fsp3) is 0.571. The minimum Gasteiger partial charge on any atom is -0.480 e. The third-order valence-corrected chi connectivity index (χ3v) is 4.89. The third-order valence-electron chi connectivity index (χ3n) is 3.84. The van der Waals surface area contributed by atoms with Crippen LogP contribution >= 0.6 is 11.3 Å². The van der Waals surface area contributed by atoms with Gasteiger partial charge in [-0.3, -0.25) is 4.79 Å². The number of carbonyl (C=O) groups is 2. The lowest BCUT2D eigenvalue weighted by Gasteiger charge is -2.36. The zero-order valence-corrected chi connectivity index (χ0v) is 12.0. The summed E-state index contributed by atoms with van der Waals surface area (Å²) in [5.41, 5.74) is -0.0571. The number of aryl methyl sites for hydroxylation is 1. The Morgan fingerprint density at radius 2 is 2.05 bits per heavy atom. The van der Waals surface area contributed by atoms with Crippen LogP contribution in [0.1, 0.15) is 47.8 Å². The molecule has 2 rings (SSSR count). The summed E-state index contributed by atoms with van der Waals surface area (Å²) in [6.07, 6.45) is 2.71. The highest BCUT2D eigenvalue weighted by molar-refractivity contribution is 7.12. The number of carboxylic acid groups (broad SMARTS) is 1. The molecule has 0 atom stereocenters. The Labute approximate surface area is 116 Å². The molecule has 1 aliphatic carbocycles. The summed E-state index contributed by atoms with van der Waals surface area (Å²) in [5.74, 6) is -0.649. The van der Waals surface area contributed by atoms with Gasteiger partial charge >= 0.3 is 5.97 Å². The summed E-state index contributed by atoms with van der Waals surface area (Å²) in [7, 11) is 0. The SMILES string of the molecule is Cc1csc(C(=O)NC2(C(=O)O)CCC(C)CC2)c1. The van der Waals surface area contributed by atoms with E-state index < -0.39 is 11.5 Å². The fourth-order valence-electron chi connectivity index (χ4n) is 2.48. The molecule has 0 aliphatic heterocycles. The van der Waals surface area contributed by atoms with E-state index in [1.165, 1.54) is 11.3 Å². The first kappa shape index (κ1) is 14.1. The smallest absolute Gasteiger partial charge is 0.329 e. The zero-order valence-electron chi connectivity index (χ0n) is 11.2. The number of rotatable bonds is 3. The van der Waals surface area contributed by atoms with Crippen molar-refractivity contribution in [2.45, 2.75) is 45.1 Å². The van der Waals surface area contributed by atoms with Gasteiger partial charge in [-0.25, -0.2) is 4.79 Å². The van der Waals surface area contributed by atoms with Crippen LogP contribution in [0.25, 0.3) is 0 Å². The fourth-order valence-corrected chi connectivity index (χ4v) is 3.27. The second-order valence-corrected chi connectivity index (χ2v) is 6.42. The molecular formula is C14H19NO3S. The number of carbonyl (C=O) groups excluding carboxylic acids is 1. The molecule has 19 heavy (non-hydrogen) atoms. The molecule has 104 valence electrons. The standard InChI is InChI=1S/C14H19NO3S/c1-9-3-5-14(6-4-9,13(17)18)15-12(16)11-7-10(2)8-19-11/h7-9H,3-6H2,1-2H3,(H,15,16)(H,17,18). The molecule has 1 aliphatic rings. The van der Waals surface area contributed by atoms with Crippen LogP contribution in [0.3, 0.4) is 0 Å². The highest BCUT2D eigenvalue weighted by Crippen LogP contribution is 2.32. The molecule has 1 heterocycles. The zero-order chi connectivity index (χ0) is 14.0. The van der Waals surface area contributed by atoms with Gasteiger partial charge in [-0.2, -0.15) is 0 Å². The lowest BCUT2D eigenvalue weighted by Crippen LogP contribution is -2.56. The number of carboxylic acids is 1. The summed E-state index contributed by atoms with van der Waals surface area (Å²) < 4.78 is 0. The van der Waals surface area contributed by atoms with Crippen LogP contribution < -0.4 is 5.32 Å². The van der Waals surface area contributed by atoms with E-state index in [-0.39, 0.29) is 5.91 Å². The first-order valence-electron chi connectivity index (χ1n) is 6.54. The average Bonchev–Trinajstić information content (AvgIpc) is 2.79. The molecule has 1 fully saturated rings. The highest BCUT2D eigenvalue weighted by atomic mass is 32.1. The number of amides is 1. The van der Waals surface area contributed by atoms with Crippen LogP contribution in [0.15, 0.2) is 11.4 Å². The van der Waals surface area contributed by atoms with E-state index in [1.54, 1.807) is 6.07 Å². The maximum Gasteiger partial charge on any atom is 0.329 e. The predicted molar refractivity (Wildman–Crippen MR) is 74.5 cm³/mol. The molecular weight excluding hydrogens is 262 g/mol. The van der Waals surface area contributed by atoms with Crippen molar-refractivity contribution in [1.29, 1.82) is 0 Å². The Kier molecular flexibility index (Phi) is 3.94. The summed E-state index contributed by atoms with van der Waals surface area (Å²) in [6.45, 7) is 4.04. The van der Waals surface area contributed by atoms with Gasteiger partial charge in [0.1, 0.15) is 5.54 Å². The van der Waals surface area contributed by atoms with Gasteiger partial charge in [-0.15, -0.1) is 11.3 Å². The maximum atomic E-state index is 12.2. The Morgan fingerprint density at radius 1 is 1.42 bits per heavy atom. The monoisotopic (exact) mass is 281 g/mol. The molecule has 0 aromatic carbocycles. The molecule has 1 amide bonds. The molecule has 0 bridgehead atoms. The van der Waals surface area contributed by atoms with Crippen LogP contribution in [-0.4, -0.2) is 22.5 Å². The van der Waals surface area contributed by atoms with Crippen LogP contribution in [-0.2, 0) is 4.79 Å². The third kappa shape index (κ3) is 2.97. The van der Waals surface area contributed by atoms with Crippen LogP contribution in [0.2, 0.25) is 0 Å². The summed E-state index contributed by atoms with van der Waals surface area (Å²) in [4.78, 5) is 24.3. The second kappa shape index (κ2) is 5.33. The van der Waals surface area contributed by atoms with E-state index in [1.807, 2.05) is 12.3 Å². The molecule has 0 spiro atoms. The Balaban J connectivity index is 2.13. The van der Waals surface area contributed by atoms with E-state index >= 15 is 0 Å².